The van der Waals surface area contributed by atoms with Crippen LogP contribution in [0.5, 0.6) is 0 Å². The van der Waals surface area contributed by atoms with Gasteiger partial charge in [0.2, 0.25) is 6.79 Å². The Balaban J connectivity index is 1.84. The number of hydrogen-bond acceptors (Lipinski definition) is 8. The molecule has 1 aromatic heterocycles. The molecule has 0 unspecified atom stereocenters. The molecule has 5 rings (SSSR count). The summed E-state index contributed by atoms with van der Waals surface area (Å²) in [6, 6.07) is 17.9. The van der Waals surface area contributed by atoms with Crippen LogP contribution in [0.4, 0.5) is 5.69 Å². The second-order valence-electron chi connectivity index (χ2n) is 9.13. The van der Waals surface area contributed by atoms with Gasteiger partial charge in [0.25, 0.3) is 0 Å². The van der Waals surface area contributed by atoms with Gasteiger partial charge in [-0.25, -0.2) is 9.59 Å². The number of nitrogens with zero attached hydrogens (tertiary/aromatic N) is 1. The van der Waals surface area contributed by atoms with Crippen LogP contribution in [-0.2, 0) is 14.3 Å². The van der Waals surface area contributed by atoms with Crippen LogP contribution >= 0.6 is 0 Å². The first-order chi connectivity index (χ1) is 18.6. The van der Waals surface area contributed by atoms with E-state index in [2.05, 4.69) is 0 Å². The second kappa shape index (κ2) is 9.94. The van der Waals surface area contributed by atoms with Gasteiger partial charge < -0.3 is 23.9 Å². The number of carbonyl (C=O) groups is 3. The van der Waals surface area contributed by atoms with Crippen molar-refractivity contribution in [2.45, 2.75) is 6.92 Å². The summed E-state index contributed by atoms with van der Waals surface area (Å²) in [5.74, 6) is -2.58. The summed E-state index contributed by atoms with van der Waals surface area (Å²) in [5.41, 5.74) is 2.51. The Morgan fingerprint density at radius 2 is 1.62 bits per heavy atom. The summed E-state index contributed by atoms with van der Waals surface area (Å²) in [5, 5.41) is 12.7. The van der Waals surface area contributed by atoms with E-state index in [4.69, 9.17) is 13.9 Å². The molecule has 0 aliphatic rings. The minimum absolute atomic E-state index is 0.0352. The van der Waals surface area contributed by atoms with Crippen molar-refractivity contribution in [3.8, 4) is 11.1 Å². The van der Waals surface area contributed by atoms with Crippen molar-refractivity contribution in [1.82, 2.24) is 0 Å². The van der Waals surface area contributed by atoms with Crippen molar-refractivity contribution >= 4 is 56.3 Å². The van der Waals surface area contributed by atoms with Crippen LogP contribution in [0.25, 0.3) is 43.8 Å². The quantitative estimate of drug-likeness (QED) is 0.138. The largest absolute Gasteiger partial charge is 0.478 e. The lowest BCUT2D eigenvalue weighted by atomic mass is 9.91. The van der Waals surface area contributed by atoms with Gasteiger partial charge in [-0.3, -0.25) is 9.59 Å². The van der Waals surface area contributed by atoms with Crippen LogP contribution in [0.1, 0.15) is 27.6 Å². The van der Waals surface area contributed by atoms with Crippen LogP contribution in [0.2, 0.25) is 0 Å². The SMILES string of the molecule is CC(=O)OCOC(=O)c1ccc(C(=O)O)c(-c2c3ccc(N(C)C)cc3oc3c2ccc2cc(=O)ccc23)c1. The van der Waals surface area contributed by atoms with Gasteiger partial charge in [-0.2, -0.15) is 0 Å². The molecule has 0 atom stereocenters. The maximum atomic E-state index is 12.7. The number of fused-ring (bicyclic) bond motifs is 4. The Hall–Kier alpha value is -5.18. The van der Waals surface area contributed by atoms with E-state index in [9.17, 15) is 24.3 Å². The van der Waals surface area contributed by atoms with Crippen LogP contribution in [-0.4, -0.2) is 43.9 Å². The number of rotatable bonds is 6. The van der Waals surface area contributed by atoms with E-state index in [1.54, 1.807) is 18.2 Å². The average Bonchev–Trinajstić information content (AvgIpc) is 2.90. The Morgan fingerprint density at radius 3 is 2.33 bits per heavy atom. The van der Waals surface area contributed by atoms with E-state index >= 15 is 0 Å². The number of aromatic carboxylic acids is 1. The Bertz CT molecular complexity index is 1870. The molecule has 0 aliphatic heterocycles. The predicted octanol–water partition coefficient (Wildman–Crippen LogP) is 5.21. The third-order valence-corrected chi connectivity index (χ3v) is 6.38. The van der Waals surface area contributed by atoms with Crippen LogP contribution in [0.3, 0.4) is 0 Å². The molecule has 4 aromatic carbocycles. The van der Waals surface area contributed by atoms with Gasteiger partial charge in [0.1, 0.15) is 11.2 Å². The molecule has 1 heterocycles. The maximum Gasteiger partial charge on any atom is 0.341 e. The highest BCUT2D eigenvalue weighted by Gasteiger charge is 2.22. The molecule has 0 amide bonds. The highest BCUT2D eigenvalue weighted by Crippen LogP contribution is 2.41. The van der Waals surface area contributed by atoms with Crippen molar-refractivity contribution in [1.29, 1.82) is 0 Å². The standard InChI is InChI=1S/C30H23NO8/c1-16(32)37-15-38-30(36)18-5-8-22(29(34)35)25(13-18)27-23-10-6-19(31(2)3)14-26(23)39-28-21-11-7-20(33)12-17(21)4-9-24(27)28/h4-14H,15H2,1-3H3,(H,34,35). The summed E-state index contributed by atoms with van der Waals surface area (Å²) in [7, 11) is 3.78. The van der Waals surface area contributed by atoms with Crippen molar-refractivity contribution in [2.75, 3.05) is 25.8 Å². The molecule has 0 bridgehead atoms. The monoisotopic (exact) mass is 525 g/mol. The molecule has 1 N–H and O–H groups in total. The van der Waals surface area contributed by atoms with Gasteiger partial charge in [0.05, 0.1) is 11.1 Å². The Morgan fingerprint density at radius 1 is 0.872 bits per heavy atom. The Kier molecular flexibility index (Phi) is 6.49. The number of esters is 2. The zero-order chi connectivity index (χ0) is 27.8. The van der Waals surface area contributed by atoms with Crippen LogP contribution in [0.15, 0.2) is 75.9 Å². The summed E-state index contributed by atoms with van der Waals surface area (Å²) in [6.07, 6.45) is 0. The predicted molar refractivity (Wildman–Crippen MR) is 146 cm³/mol. The first-order valence-electron chi connectivity index (χ1n) is 11.9. The van der Waals surface area contributed by atoms with Crippen LogP contribution in [0, 0.1) is 0 Å². The molecule has 39 heavy (non-hydrogen) atoms. The molecule has 0 aliphatic carbocycles. The van der Waals surface area contributed by atoms with Gasteiger partial charge in [-0.1, -0.05) is 6.07 Å². The smallest absolute Gasteiger partial charge is 0.341 e. The zero-order valence-corrected chi connectivity index (χ0v) is 21.3. The fraction of sp³-hybridized carbons (Fsp3) is 0.133. The van der Waals surface area contributed by atoms with Gasteiger partial charge in [-0.15, -0.1) is 0 Å². The van der Waals surface area contributed by atoms with E-state index in [1.165, 1.54) is 37.3 Å². The van der Waals surface area contributed by atoms with Crippen molar-refractivity contribution in [3.63, 3.8) is 0 Å². The lowest BCUT2D eigenvalue weighted by Gasteiger charge is -2.18. The zero-order valence-electron chi connectivity index (χ0n) is 21.3. The molecular weight excluding hydrogens is 502 g/mol. The summed E-state index contributed by atoms with van der Waals surface area (Å²) in [4.78, 5) is 50.0. The van der Waals surface area contributed by atoms with E-state index in [1.807, 2.05) is 37.2 Å². The van der Waals surface area contributed by atoms with Gasteiger partial charge in [0, 0.05) is 54.5 Å². The molecule has 9 heteroatoms. The number of hydrogen-bond donors (Lipinski definition) is 1. The first-order valence-corrected chi connectivity index (χ1v) is 11.9. The fourth-order valence-corrected chi connectivity index (χ4v) is 4.53. The number of carboxylic acid groups (broad SMARTS) is 1. The number of carbonyl (C=O) groups excluding carboxylic acids is 2. The number of ether oxygens (including phenoxy) is 2. The van der Waals surface area contributed by atoms with E-state index in [0.717, 1.165) is 5.69 Å². The lowest BCUT2D eigenvalue weighted by molar-refractivity contribution is -0.149. The molecule has 0 saturated carbocycles. The van der Waals surface area contributed by atoms with E-state index in [0.29, 0.717) is 38.3 Å². The van der Waals surface area contributed by atoms with Crippen LogP contribution < -0.4 is 10.3 Å². The summed E-state index contributed by atoms with van der Waals surface area (Å²) < 4.78 is 16.1. The molecule has 0 fully saturated rings. The Labute approximate surface area is 221 Å². The van der Waals surface area contributed by atoms with E-state index in [-0.39, 0.29) is 22.1 Å². The van der Waals surface area contributed by atoms with Gasteiger partial charge in [0.15, 0.2) is 5.43 Å². The minimum atomic E-state index is -1.19. The highest BCUT2D eigenvalue weighted by molar-refractivity contribution is 6.17. The first kappa shape index (κ1) is 25.5. The highest BCUT2D eigenvalue weighted by atomic mass is 16.7. The van der Waals surface area contributed by atoms with Gasteiger partial charge >= 0.3 is 17.9 Å². The second-order valence-corrected chi connectivity index (χ2v) is 9.13. The molecule has 9 nitrogen and oxygen atoms in total. The normalized spacial score (nSPS) is 11.1. The topological polar surface area (TPSA) is 123 Å². The molecule has 0 spiro atoms. The molecule has 0 saturated heterocycles. The lowest BCUT2D eigenvalue weighted by Crippen LogP contribution is -2.12. The third kappa shape index (κ3) is 4.77. The molecule has 5 aromatic rings. The van der Waals surface area contributed by atoms with E-state index < -0.39 is 24.7 Å². The van der Waals surface area contributed by atoms with Crippen molar-refractivity contribution in [3.05, 3.63) is 88.1 Å². The van der Waals surface area contributed by atoms with Crippen molar-refractivity contribution in [2.24, 2.45) is 0 Å². The minimum Gasteiger partial charge on any atom is -0.478 e. The average molecular weight is 526 g/mol. The van der Waals surface area contributed by atoms with Crippen molar-refractivity contribution < 1.29 is 33.4 Å². The third-order valence-electron chi connectivity index (χ3n) is 6.38. The number of anilines is 1. The molecule has 196 valence electrons. The number of carboxylic acids is 1. The fourth-order valence-electron chi connectivity index (χ4n) is 4.53. The summed E-state index contributed by atoms with van der Waals surface area (Å²) in [6.45, 7) is 0.620. The van der Waals surface area contributed by atoms with Gasteiger partial charge in [-0.05, 0) is 65.5 Å². The maximum absolute atomic E-state index is 12.7. The summed E-state index contributed by atoms with van der Waals surface area (Å²) >= 11 is 0. The molecule has 0 radical (unpaired) electrons. The number of benzene rings is 4. The molecular formula is C30H23NO8.